The van der Waals surface area contributed by atoms with E-state index in [4.69, 9.17) is 21.3 Å². The predicted octanol–water partition coefficient (Wildman–Crippen LogP) is 5.30. The molecule has 4 heterocycles. The molecule has 0 saturated carbocycles. The molecule has 1 saturated heterocycles. The Morgan fingerprint density at radius 2 is 2.11 bits per heavy atom. The lowest BCUT2D eigenvalue weighted by atomic mass is 9.89. The Morgan fingerprint density at radius 3 is 2.83 bits per heavy atom. The minimum absolute atomic E-state index is 0.184. The highest BCUT2D eigenvalue weighted by molar-refractivity contribution is 6.32. The summed E-state index contributed by atoms with van der Waals surface area (Å²) in [7, 11) is 2.01. The monoisotopic (exact) mass is 499 g/mol. The zero-order valence-electron chi connectivity index (χ0n) is 21.2. The number of halogens is 1. The molecular weight excluding hydrogens is 466 g/mol. The number of nitrogens with one attached hydrogen (secondary N) is 1. The molecule has 0 spiro atoms. The number of nitrogens with zero attached hydrogens (tertiary/aromatic N) is 6. The maximum absolute atomic E-state index is 12.6. The molecule has 3 aromatic heterocycles. The second-order valence-corrected chi connectivity index (χ2v) is 10.5. The van der Waals surface area contributed by atoms with Crippen LogP contribution in [0.25, 0.3) is 5.65 Å². The number of fused-ring (bicyclic) bond motifs is 1. The molecule has 1 aliphatic rings. The molecule has 10 heteroatoms. The molecule has 1 fully saturated rings. The van der Waals surface area contributed by atoms with Gasteiger partial charge in [-0.3, -0.25) is 0 Å². The number of anilines is 3. The van der Waals surface area contributed by atoms with E-state index < -0.39 is 5.60 Å². The van der Waals surface area contributed by atoms with E-state index in [1.54, 1.807) is 6.20 Å². The number of likely N-dealkylation sites (tertiary alicyclic amines) is 1. The molecule has 0 aromatic carbocycles. The van der Waals surface area contributed by atoms with Gasteiger partial charge in [0.1, 0.15) is 16.3 Å². The van der Waals surface area contributed by atoms with Gasteiger partial charge < -0.3 is 24.3 Å². The van der Waals surface area contributed by atoms with Crippen LogP contribution in [0, 0.1) is 12.8 Å². The quantitative estimate of drug-likeness (QED) is 0.509. The van der Waals surface area contributed by atoms with E-state index in [1.807, 2.05) is 68.6 Å². The molecule has 0 bridgehead atoms. The van der Waals surface area contributed by atoms with E-state index in [0.29, 0.717) is 29.9 Å². The minimum Gasteiger partial charge on any atom is -0.444 e. The number of hydrogen-bond acceptors (Lipinski definition) is 7. The summed E-state index contributed by atoms with van der Waals surface area (Å²) in [5.74, 6) is 1.38. The van der Waals surface area contributed by atoms with Gasteiger partial charge in [-0.2, -0.15) is 4.98 Å². The van der Waals surface area contributed by atoms with Crippen LogP contribution in [0.15, 0.2) is 30.7 Å². The molecule has 3 aromatic rings. The van der Waals surface area contributed by atoms with Crippen LogP contribution in [0.5, 0.6) is 0 Å². The summed E-state index contributed by atoms with van der Waals surface area (Å²) in [6, 6.07) is 4.09. The number of aryl methyl sites for hydroxylation is 1. The molecule has 4 rings (SSSR count). The topological polar surface area (TPSA) is 87.9 Å². The second kappa shape index (κ2) is 9.89. The van der Waals surface area contributed by atoms with Gasteiger partial charge in [-0.25, -0.2) is 14.8 Å². The third-order valence-corrected chi connectivity index (χ3v) is 6.53. The number of hydrogen-bond donors (Lipinski definition) is 1. The Hall–Kier alpha value is -3.07. The largest absolute Gasteiger partial charge is 0.444 e. The van der Waals surface area contributed by atoms with E-state index in [9.17, 15) is 4.79 Å². The van der Waals surface area contributed by atoms with Gasteiger partial charge in [0.25, 0.3) is 0 Å². The highest BCUT2D eigenvalue weighted by atomic mass is 35.5. The van der Waals surface area contributed by atoms with Crippen LogP contribution in [0.2, 0.25) is 5.02 Å². The Kier molecular flexibility index (Phi) is 7.07. The van der Waals surface area contributed by atoms with Gasteiger partial charge >= 0.3 is 6.09 Å². The van der Waals surface area contributed by atoms with E-state index in [1.165, 1.54) is 0 Å². The average Bonchev–Trinajstić information content (AvgIpc) is 3.17. The van der Waals surface area contributed by atoms with Crippen LogP contribution in [-0.4, -0.2) is 62.1 Å². The molecule has 2 unspecified atom stereocenters. The molecule has 0 aliphatic carbocycles. The highest BCUT2D eigenvalue weighted by Gasteiger charge is 2.35. The predicted molar refractivity (Wildman–Crippen MR) is 139 cm³/mol. The van der Waals surface area contributed by atoms with Gasteiger partial charge in [-0.1, -0.05) is 18.5 Å². The zero-order chi connectivity index (χ0) is 25.3. The van der Waals surface area contributed by atoms with Crippen molar-refractivity contribution in [3.63, 3.8) is 0 Å². The van der Waals surface area contributed by atoms with Gasteiger partial charge in [0.2, 0.25) is 5.95 Å². The number of pyridine rings is 1. The van der Waals surface area contributed by atoms with Crippen molar-refractivity contribution in [3.05, 3.63) is 41.4 Å². The van der Waals surface area contributed by atoms with Crippen molar-refractivity contribution in [2.45, 2.75) is 59.1 Å². The number of ether oxygens (including phenoxy) is 1. The first-order valence-electron chi connectivity index (χ1n) is 12.0. The molecule has 35 heavy (non-hydrogen) atoms. The van der Waals surface area contributed by atoms with Gasteiger partial charge in [0.15, 0.2) is 5.82 Å². The Morgan fingerprint density at radius 1 is 1.34 bits per heavy atom. The summed E-state index contributed by atoms with van der Waals surface area (Å²) in [5.41, 5.74) is 2.14. The Balaban J connectivity index is 1.50. The lowest BCUT2D eigenvalue weighted by molar-refractivity contribution is 0.0144. The first-order chi connectivity index (χ1) is 16.5. The third-order valence-electron chi connectivity index (χ3n) is 6.26. The van der Waals surface area contributed by atoms with Crippen LogP contribution in [0.1, 0.15) is 46.2 Å². The van der Waals surface area contributed by atoms with Crippen molar-refractivity contribution in [3.8, 4) is 0 Å². The third kappa shape index (κ3) is 5.78. The standard InChI is InChI=1S/C25H34ClN7O2/c1-7-17-15-33(24(34)35-25(3,4)5)11-9-20(17)31(6)22-19(26)13-27-23(30-22)29-18-8-10-32-14-16(2)28-21(32)12-18/h8,10,12-14,17,20H,7,9,11,15H2,1-6H3,(H,27,29,30). The van der Waals surface area contributed by atoms with Gasteiger partial charge in [0.05, 0.1) is 11.9 Å². The lowest BCUT2D eigenvalue weighted by Crippen LogP contribution is -2.52. The summed E-state index contributed by atoms with van der Waals surface area (Å²) in [4.78, 5) is 30.2. The molecule has 1 amide bonds. The summed E-state index contributed by atoms with van der Waals surface area (Å²) in [6.45, 7) is 11.0. The summed E-state index contributed by atoms with van der Waals surface area (Å²) >= 11 is 6.54. The first kappa shape index (κ1) is 25.0. The SMILES string of the molecule is CCC1CN(C(=O)OC(C)(C)C)CCC1N(C)c1nc(Nc2ccn3cc(C)nc3c2)ncc1Cl. The normalized spacial score (nSPS) is 18.5. The van der Waals surface area contributed by atoms with E-state index in [0.717, 1.165) is 29.9 Å². The van der Waals surface area contributed by atoms with Crippen LogP contribution >= 0.6 is 11.6 Å². The summed E-state index contributed by atoms with van der Waals surface area (Å²) < 4.78 is 7.56. The van der Waals surface area contributed by atoms with Crippen LogP contribution in [0.4, 0.5) is 22.2 Å². The summed E-state index contributed by atoms with van der Waals surface area (Å²) in [5, 5.41) is 3.76. The Bertz CT molecular complexity index is 1210. The van der Waals surface area contributed by atoms with E-state index in [-0.39, 0.29) is 18.1 Å². The van der Waals surface area contributed by atoms with Crippen LogP contribution in [-0.2, 0) is 4.74 Å². The van der Waals surface area contributed by atoms with Crippen molar-refractivity contribution < 1.29 is 9.53 Å². The molecule has 188 valence electrons. The fourth-order valence-electron chi connectivity index (χ4n) is 4.56. The molecule has 1 N–H and O–H groups in total. The molecular formula is C25H34ClN7O2. The molecule has 2 atom stereocenters. The molecule has 0 radical (unpaired) electrons. The molecule has 9 nitrogen and oxygen atoms in total. The zero-order valence-corrected chi connectivity index (χ0v) is 22.0. The molecule has 1 aliphatic heterocycles. The van der Waals surface area contributed by atoms with Crippen molar-refractivity contribution in [2.75, 3.05) is 30.4 Å². The first-order valence-corrected chi connectivity index (χ1v) is 12.4. The van der Waals surface area contributed by atoms with Crippen molar-refractivity contribution in [1.29, 1.82) is 0 Å². The van der Waals surface area contributed by atoms with Crippen molar-refractivity contribution in [1.82, 2.24) is 24.3 Å². The van der Waals surface area contributed by atoms with Crippen molar-refractivity contribution >= 4 is 40.8 Å². The van der Waals surface area contributed by atoms with Crippen LogP contribution in [0.3, 0.4) is 0 Å². The van der Waals surface area contributed by atoms with Gasteiger partial charge in [-0.05, 0) is 52.5 Å². The van der Waals surface area contributed by atoms with E-state index in [2.05, 4.69) is 27.1 Å². The van der Waals surface area contributed by atoms with Crippen molar-refractivity contribution in [2.24, 2.45) is 5.92 Å². The lowest BCUT2D eigenvalue weighted by Gasteiger charge is -2.43. The minimum atomic E-state index is -0.509. The Labute approximate surface area is 211 Å². The van der Waals surface area contributed by atoms with Crippen LogP contribution < -0.4 is 10.2 Å². The highest BCUT2D eigenvalue weighted by Crippen LogP contribution is 2.32. The maximum Gasteiger partial charge on any atom is 0.410 e. The maximum atomic E-state index is 12.6. The van der Waals surface area contributed by atoms with Gasteiger partial charge in [0, 0.05) is 50.3 Å². The number of aromatic nitrogens is 4. The fraction of sp³-hybridized carbons (Fsp3) is 0.520. The number of piperidine rings is 1. The average molecular weight is 500 g/mol. The van der Waals surface area contributed by atoms with Gasteiger partial charge in [-0.15, -0.1) is 0 Å². The number of carbonyl (C=O) groups excluding carboxylic acids is 1. The smallest absolute Gasteiger partial charge is 0.410 e. The summed E-state index contributed by atoms with van der Waals surface area (Å²) in [6.07, 6.45) is 7.01. The van der Waals surface area contributed by atoms with E-state index >= 15 is 0 Å². The fourth-order valence-corrected chi connectivity index (χ4v) is 4.79. The number of imidazole rings is 1. The number of rotatable bonds is 5. The number of carbonyl (C=O) groups is 1. The number of amides is 1. The second-order valence-electron chi connectivity index (χ2n) is 10.1.